The number of carbonyl (C=O) groups excluding carboxylic acids is 3. The molecule has 10 heteroatoms. The highest BCUT2D eigenvalue weighted by molar-refractivity contribution is 6.39. The number of amides is 2. The van der Waals surface area contributed by atoms with E-state index < -0.39 is 18.0 Å². The number of fused-ring (bicyclic) bond motifs is 2. The van der Waals surface area contributed by atoms with E-state index >= 15 is 0 Å². The van der Waals surface area contributed by atoms with Gasteiger partial charge in [0.05, 0.1) is 21.6 Å². The maximum atomic E-state index is 13.5. The zero-order valence-electron chi connectivity index (χ0n) is 18.5. The van der Waals surface area contributed by atoms with Gasteiger partial charge in [0, 0.05) is 18.9 Å². The second-order valence-electron chi connectivity index (χ2n) is 9.58. The van der Waals surface area contributed by atoms with Gasteiger partial charge in [-0.15, -0.1) is 0 Å². The van der Waals surface area contributed by atoms with Crippen molar-refractivity contribution in [1.82, 2.24) is 20.2 Å². The molecule has 2 aliphatic carbocycles. The first-order valence-electron chi connectivity index (χ1n) is 11.7. The molecular weight excluding hydrogens is 477 g/mol. The van der Waals surface area contributed by atoms with E-state index in [0.29, 0.717) is 40.5 Å². The number of likely N-dealkylation sites (tertiary alicyclic amines) is 1. The summed E-state index contributed by atoms with van der Waals surface area (Å²) < 4.78 is 0. The Hall–Kier alpha value is -2.63. The van der Waals surface area contributed by atoms with Crippen molar-refractivity contribution in [2.24, 2.45) is 17.8 Å². The van der Waals surface area contributed by atoms with Crippen LogP contribution in [0.4, 0.5) is 0 Å². The summed E-state index contributed by atoms with van der Waals surface area (Å²) in [5.74, 6) is -0.414. The normalized spacial score (nSPS) is 27.1. The Morgan fingerprint density at radius 1 is 1.24 bits per heavy atom. The largest absolute Gasteiger partial charge is 0.339 e. The summed E-state index contributed by atoms with van der Waals surface area (Å²) in [6.07, 6.45) is 5.25. The summed E-state index contributed by atoms with van der Waals surface area (Å²) in [6, 6.07) is 3.94. The van der Waals surface area contributed by atoms with Crippen LogP contribution in [0.15, 0.2) is 12.1 Å². The van der Waals surface area contributed by atoms with Crippen molar-refractivity contribution in [3.63, 3.8) is 0 Å². The van der Waals surface area contributed by atoms with Gasteiger partial charge in [0.1, 0.15) is 23.4 Å². The van der Waals surface area contributed by atoms with Crippen molar-refractivity contribution in [3.05, 3.63) is 28.0 Å². The third-order valence-electron chi connectivity index (χ3n) is 7.59. The lowest BCUT2D eigenvalue weighted by Gasteiger charge is -2.27. The van der Waals surface area contributed by atoms with Gasteiger partial charge >= 0.3 is 0 Å². The van der Waals surface area contributed by atoms with Crippen molar-refractivity contribution in [2.75, 3.05) is 6.54 Å². The first kappa shape index (κ1) is 23.1. The van der Waals surface area contributed by atoms with E-state index in [4.69, 9.17) is 23.2 Å². The van der Waals surface area contributed by atoms with E-state index in [2.05, 4.69) is 21.4 Å². The number of ketones is 1. The lowest BCUT2D eigenvalue weighted by molar-refractivity contribution is -0.127. The van der Waals surface area contributed by atoms with Gasteiger partial charge in [-0.1, -0.05) is 29.6 Å². The van der Waals surface area contributed by atoms with Gasteiger partial charge in [0.2, 0.25) is 5.91 Å². The summed E-state index contributed by atoms with van der Waals surface area (Å²) in [5, 5.41) is 13.2. The molecule has 1 aliphatic heterocycles. The predicted molar refractivity (Wildman–Crippen MR) is 126 cm³/mol. The minimum absolute atomic E-state index is 0.0351. The molecule has 2 aromatic rings. The quantitative estimate of drug-likeness (QED) is 0.643. The number of benzene rings is 1. The fourth-order valence-corrected chi connectivity index (χ4v) is 6.34. The Labute approximate surface area is 207 Å². The van der Waals surface area contributed by atoms with Crippen LogP contribution in [-0.4, -0.2) is 51.1 Å². The Balaban J connectivity index is 1.38. The van der Waals surface area contributed by atoms with Gasteiger partial charge in [-0.3, -0.25) is 14.4 Å². The van der Waals surface area contributed by atoms with Crippen molar-refractivity contribution in [3.8, 4) is 6.07 Å². The van der Waals surface area contributed by atoms with E-state index in [1.165, 1.54) is 0 Å². The molecule has 3 aliphatic rings. The molecule has 3 fully saturated rings. The molecule has 1 aromatic carbocycles. The van der Waals surface area contributed by atoms with Crippen LogP contribution in [0, 0.1) is 29.1 Å². The summed E-state index contributed by atoms with van der Waals surface area (Å²) in [7, 11) is 0. The molecule has 0 bridgehead atoms. The van der Waals surface area contributed by atoms with Gasteiger partial charge in [0.15, 0.2) is 5.82 Å². The van der Waals surface area contributed by atoms with Crippen molar-refractivity contribution in [1.29, 1.82) is 5.26 Å². The molecule has 0 radical (unpaired) electrons. The van der Waals surface area contributed by atoms with Gasteiger partial charge in [-0.05, 0) is 56.1 Å². The number of hydrogen-bond acceptors (Lipinski definition) is 5. The highest BCUT2D eigenvalue weighted by Crippen LogP contribution is 2.43. The molecule has 5 rings (SSSR count). The van der Waals surface area contributed by atoms with E-state index in [-0.39, 0.29) is 35.3 Å². The Morgan fingerprint density at radius 2 is 2.03 bits per heavy atom. The number of imidazole rings is 1. The summed E-state index contributed by atoms with van der Waals surface area (Å²) in [4.78, 5) is 47.9. The second-order valence-corrected chi connectivity index (χ2v) is 10.4. The van der Waals surface area contributed by atoms with Gasteiger partial charge in [-0.2, -0.15) is 5.26 Å². The molecule has 8 nitrogen and oxygen atoms in total. The number of Topliss-reactive ketones (excluding diaryl/α,β-unsaturated/α-hetero) is 1. The van der Waals surface area contributed by atoms with E-state index in [9.17, 15) is 19.6 Å². The SMILES string of the molecule is N#CC(CC1CCCC1=O)NC(=O)C1C2CCCC2CN1C(=O)c1nc2c(Cl)ccc(Cl)c2[nH]1. The van der Waals surface area contributed by atoms with Crippen LogP contribution in [0.3, 0.4) is 0 Å². The molecule has 5 atom stereocenters. The van der Waals surface area contributed by atoms with Crippen LogP contribution in [0.1, 0.15) is 55.6 Å². The third kappa shape index (κ3) is 4.05. The Morgan fingerprint density at radius 3 is 2.74 bits per heavy atom. The first-order valence-corrected chi connectivity index (χ1v) is 12.5. The maximum Gasteiger partial charge on any atom is 0.290 e. The average Bonchev–Trinajstić information content (AvgIpc) is 3.59. The highest BCUT2D eigenvalue weighted by Gasteiger charge is 2.50. The summed E-state index contributed by atoms with van der Waals surface area (Å²) >= 11 is 12.5. The zero-order chi connectivity index (χ0) is 24.0. The molecule has 2 amide bonds. The molecule has 2 saturated carbocycles. The number of aromatic amines is 1. The van der Waals surface area contributed by atoms with Crippen LogP contribution < -0.4 is 5.32 Å². The molecule has 5 unspecified atom stereocenters. The number of nitrogens with one attached hydrogen (secondary N) is 2. The lowest BCUT2D eigenvalue weighted by Crippen LogP contribution is -2.51. The van der Waals surface area contributed by atoms with Crippen LogP contribution in [0.2, 0.25) is 10.0 Å². The topological polar surface area (TPSA) is 119 Å². The number of nitriles is 1. The van der Waals surface area contributed by atoms with Gasteiger partial charge in [0.25, 0.3) is 5.91 Å². The molecule has 178 valence electrons. The standard InChI is InChI=1S/C24H25Cl2N5O3/c25-16-7-8-17(26)20-19(16)29-22(30-20)24(34)31-11-13-4-1-5-15(13)21(31)23(33)28-14(10-27)9-12-3-2-6-18(12)32/h7-8,12-15,21H,1-6,9,11H2,(H,28,33)(H,29,30). The van der Waals surface area contributed by atoms with Gasteiger partial charge in [-0.25, -0.2) is 4.98 Å². The molecule has 2 heterocycles. The van der Waals surface area contributed by atoms with Crippen molar-refractivity contribution >= 4 is 51.8 Å². The number of hydrogen-bond donors (Lipinski definition) is 2. The Bertz CT molecular complexity index is 1170. The van der Waals surface area contributed by atoms with E-state index in [0.717, 1.165) is 32.1 Å². The minimum atomic E-state index is -0.763. The molecule has 34 heavy (non-hydrogen) atoms. The van der Waals surface area contributed by atoms with Crippen LogP contribution >= 0.6 is 23.2 Å². The number of nitrogens with zero attached hydrogens (tertiary/aromatic N) is 3. The van der Waals surface area contributed by atoms with Gasteiger partial charge < -0.3 is 15.2 Å². The summed E-state index contributed by atoms with van der Waals surface area (Å²) in [5.41, 5.74) is 0.882. The van der Waals surface area contributed by atoms with E-state index in [1.807, 2.05) is 0 Å². The second kappa shape index (κ2) is 9.20. The van der Waals surface area contributed by atoms with E-state index in [1.54, 1.807) is 17.0 Å². The number of aromatic nitrogens is 2. The third-order valence-corrected chi connectivity index (χ3v) is 8.21. The fraction of sp³-hybridized carbons (Fsp3) is 0.542. The predicted octanol–water partition coefficient (Wildman–Crippen LogP) is 3.88. The molecule has 2 N–H and O–H groups in total. The van der Waals surface area contributed by atoms with Crippen LogP contribution in [-0.2, 0) is 9.59 Å². The number of rotatable bonds is 5. The minimum Gasteiger partial charge on any atom is -0.339 e. The lowest BCUT2D eigenvalue weighted by atomic mass is 9.92. The van der Waals surface area contributed by atoms with Crippen molar-refractivity contribution < 1.29 is 14.4 Å². The highest BCUT2D eigenvalue weighted by atomic mass is 35.5. The van der Waals surface area contributed by atoms with Crippen LogP contribution in [0.25, 0.3) is 11.0 Å². The van der Waals surface area contributed by atoms with Crippen LogP contribution in [0.5, 0.6) is 0 Å². The maximum absolute atomic E-state index is 13.5. The number of H-pyrrole nitrogens is 1. The fourth-order valence-electron chi connectivity index (χ4n) is 5.94. The zero-order valence-corrected chi connectivity index (χ0v) is 20.0. The molecule has 0 spiro atoms. The smallest absolute Gasteiger partial charge is 0.290 e. The monoisotopic (exact) mass is 501 g/mol. The molecular formula is C24H25Cl2N5O3. The Kier molecular flexibility index (Phi) is 6.26. The average molecular weight is 502 g/mol. The number of carbonyl (C=O) groups is 3. The van der Waals surface area contributed by atoms with Crippen molar-refractivity contribution in [2.45, 2.75) is 57.0 Å². The molecule has 1 aromatic heterocycles. The molecule has 1 saturated heterocycles. The first-order chi connectivity index (χ1) is 16.4. The number of halogens is 2. The summed E-state index contributed by atoms with van der Waals surface area (Å²) in [6.45, 7) is 0.457.